The van der Waals surface area contributed by atoms with Crippen LogP contribution in [0.1, 0.15) is 28.4 Å². The second-order valence-electron chi connectivity index (χ2n) is 8.17. The molecule has 1 fully saturated rings. The second-order valence-corrected chi connectivity index (χ2v) is 11.2. The highest BCUT2D eigenvalue weighted by atomic mass is 32.2. The van der Waals surface area contributed by atoms with E-state index >= 15 is 0 Å². The van der Waals surface area contributed by atoms with Crippen LogP contribution in [-0.4, -0.2) is 69.7 Å². The van der Waals surface area contributed by atoms with Gasteiger partial charge < -0.3 is 15.3 Å². The van der Waals surface area contributed by atoms with Gasteiger partial charge in [0, 0.05) is 43.2 Å². The number of thiophene rings is 1. The van der Waals surface area contributed by atoms with Gasteiger partial charge in [0.2, 0.25) is 0 Å². The van der Waals surface area contributed by atoms with Crippen molar-refractivity contribution in [2.24, 2.45) is 0 Å². The fraction of sp³-hybridized carbons (Fsp3) is 0.217. The van der Waals surface area contributed by atoms with E-state index in [0.29, 0.717) is 0 Å². The van der Waals surface area contributed by atoms with Crippen LogP contribution >= 0.6 is 11.3 Å². The average Bonchev–Trinajstić information content (AvgIpc) is 3.60. The van der Waals surface area contributed by atoms with Crippen LogP contribution in [0.15, 0.2) is 70.5 Å². The van der Waals surface area contributed by atoms with Crippen LogP contribution < -0.4 is 5.32 Å². The van der Waals surface area contributed by atoms with E-state index in [2.05, 4.69) is 10.3 Å². The van der Waals surface area contributed by atoms with E-state index in [1.54, 1.807) is 5.38 Å². The summed E-state index contributed by atoms with van der Waals surface area (Å²) < 4.78 is 27.7. The van der Waals surface area contributed by atoms with Crippen molar-refractivity contribution in [1.82, 2.24) is 19.5 Å². The summed E-state index contributed by atoms with van der Waals surface area (Å²) in [7, 11) is -4.20. The lowest BCUT2D eigenvalue weighted by Gasteiger charge is -2.30. The second kappa shape index (κ2) is 11.0. The fourth-order valence-corrected chi connectivity index (χ4v) is 6.72. The number of sulfonamides is 1. The summed E-state index contributed by atoms with van der Waals surface area (Å²) in [4.78, 5) is 54.0. The minimum atomic E-state index is -4.20. The van der Waals surface area contributed by atoms with Crippen LogP contribution in [0.5, 0.6) is 0 Å². The van der Waals surface area contributed by atoms with E-state index in [9.17, 15) is 38.0 Å². The van der Waals surface area contributed by atoms with E-state index in [4.69, 9.17) is 0 Å². The number of carboxylic acid groups (broad SMARTS) is 1. The minimum absolute atomic E-state index is 0.0331. The Morgan fingerprint density at radius 2 is 1.89 bits per heavy atom. The van der Waals surface area contributed by atoms with Gasteiger partial charge in [-0.05, 0) is 29.1 Å². The molecule has 2 aromatic heterocycles. The molecule has 3 heterocycles. The smallest absolute Gasteiger partial charge is 0.305 e. The van der Waals surface area contributed by atoms with Crippen LogP contribution in [-0.2, 0) is 19.6 Å². The minimum Gasteiger partial charge on any atom is -0.481 e. The fourth-order valence-electron chi connectivity index (χ4n) is 4.06. The zero-order chi connectivity index (χ0) is 27.4. The van der Waals surface area contributed by atoms with E-state index < -0.39 is 51.4 Å². The maximum Gasteiger partial charge on any atom is 0.305 e. The molecule has 1 saturated heterocycles. The number of aliphatic carboxylic acids is 1. The Labute approximate surface area is 220 Å². The molecule has 1 aliphatic rings. The number of non-ortho nitro benzene ring substituents is 1. The molecule has 198 valence electrons. The molecule has 0 aliphatic carbocycles. The third kappa shape index (κ3) is 5.53. The van der Waals surface area contributed by atoms with Gasteiger partial charge in [0.25, 0.3) is 27.5 Å². The molecular formula is C23H21N5O8S2. The average molecular weight is 560 g/mol. The first-order valence-corrected chi connectivity index (χ1v) is 13.4. The summed E-state index contributed by atoms with van der Waals surface area (Å²) in [5.41, 5.74) is -0.00837. The highest BCUT2D eigenvalue weighted by Gasteiger charge is 2.47. The number of nitrogens with one attached hydrogen (secondary N) is 1. The lowest BCUT2D eigenvalue weighted by atomic mass is 10.0. The Balaban J connectivity index is 1.72. The number of aromatic nitrogens is 1. The van der Waals surface area contributed by atoms with Gasteiger partial charge in [-0.1, -0.05) is 18.2 Å². The Kier molecular flexibility index (Phi) is 7.80. The van der Waals surface area contributed by atoms with Crippen molar-refractivity contribution in [3.8, 4) is 0 Å². The van der Waals surface area contributed by atoms with Crippen molar-refractivity contribution in [3.05, 3.63) is 87.5 Å². The van der Waals surface area contributed by atoms with Gasteiger partial charge >= 0.3 is 5.97 Å². The van der Waals surface area contributed by atoms with Crippen LogP contribution in [0.2, 0.25) is 0 Å². The Morgan fingerprint density at radius 1 is 1.16 bits per heavy atom. The first-order chi connectivity index (χ1) is 18.1. The number of nitro groups is 1. The van der Waals surface area contributed by atoms with Crippen LogP contribution in [0.3, 0.4) is 0 Å². The topological polar surface area (TPSA) is 180 Å². The maximum atomic E-state index is 13.7. The largest absolute Gasteiger partial charge is 0.481 e. The van der Waals surface area contributed by atoms with Crippen molar-refractivity contribution < 1.29 is 32.8 Å². The number of nitro benzene ring substituents is 1. The number of rotatable bonds is 9. The van der Waals surface area contributed by atoms with Gasteiger partial charge in [-0.3, -0.25) is 29.5 Å². The first kappa shape index (κ1) is 26.8. The molecule has 1 aromatic carbocycles. The predicted octanol–water partition coefficient (Wildman–Crippen LogP) is 1.86. The zero-order valence-electron chi connectivity index (χ0n) is 19.5. The molecule has 15 heteroatoms. The number of benzene rings is 1. The van der Waals surface area contributed by atoms with E-state index in [0.717, 1.165) is 26.6 Å². The number of carbonyl (C=O) groups excluding carboxylic acids is 2. The van der Waals surface area contributed by atoms with Gasteiger partial charge in [-0.15, -0.1) is 11.3 Å². The number of nitrogens with zero attached hydrogens (tertiary/aromatic N) is 4. The van der Waals surface area contributed by atoms with Crippen LogP contribution in [0.4, 0.5) is 5.69 Å². The Hall–Kier alpha value is -4.21. The molecule has 4 rings (SSSR count). The van der Waals surface area contributed by atoms with Gasteiger partial charge in [0.05, 0.1) is 17.4 Å². The third-order valence-corrected chi connectivity index (χ3v) is 9.02. The maximum absolute atomic E-state index is 13.7. The van der Waals surface area contributed by atoms with Crippen molar-refractivity contribution >= 4 is 44.8 Å². The monoisotopic (exact) mass is 559 g/mol. The summed E-state index contributed by atoms with van der Waals surface area (Å²) >= 11 is 0.945. The number of hydrogen-bond donors (Lipinski definition) is 2. The molecule has 38 heavy (non-hydrogen) atoms. The Bertz CT molecular complexity index is 1460. The number of pyridine rings is 1. The summed E-state index contributed by atoms with van der Waals surface area (Å²) in [5.74, 6) is -2.88. The summed E-state index contributed by atoms with van der Waals surface area (Å²) in [5, 5.41) is 24.7. The van der Waals surface area contributed by atoms with Gasteiger partial charge in [0.15, 0.2) is 6.17 Å². The number of carbonyl (C=O) groups is 3. The molecule has 2 amide bonds. The standard InChI is InChI=1S/C23H21N5O8S2/c29-19(30)14-18(16-3-1-4-17(13-16)28(33)34)25-21(31)22-26(23(32)15-6-8-24-9-7-15)10-11-27(22)38(35,36)20-5-2-12-37-20/h1-9,12-13,18,22H,10-11,14H2,(H,25,31)(H,29,30). The van der Waals surface area contributed by atoms with E-state index in [-0.39, 0.29) is 34.1 Å². The zero-order valence-corrected chi connectivity index (χ0v) is 21.2. The molecule has 0 saturated carbocycles. The predicted molar refractivity (Wildman–Crippen MR) is 134 cm³/mol. The van der Waals surface area contributed by atoms with Crippen LogP contribution in [0, 0.1) is 10.1 Å². The first-order valence-electron chi connectivity index (χ1n) is 11.1. The lowest BCUT2D eigenvalue weighted by Crippen LogP contribution is -2.54. The lowest BCUT2D eigenvalue weighted by molar-refractivity contribution is -0.384. The summed E-state index contributed by atoms with van der Waals surface area (Å²) in [6, 6.07) is 9.60. The quantitative estimate of drug-likeness (QED) is 0.292. The molecule has 13 nitrogen and oxygen atoms in total. The highest BCUT2D eigenvalue weighted by molar-refractivity contribution is 7.91. The van der Waals surface area contributed by atoms with E-state index in [1.807, 2.05) is 0 Å². The van der Waals surface area contributed by atoms with Gasteiger partial charge in [-0.25, -0.2) is 8.42 Å². The molecule has 1 aliphatic heterocycles. The van der Waals surface area contributed by atoms with Gasteiger partial charge in [0.1, 0.15) is 4.21 Å². The molecule has 0 spiro atoms. The van der Waals surface area contributed by atoms with Crippen molar-refractivity contribution in [3.63, 3.8) is 0 Å². The summed E-state index contributed by atoms with van der Waals surface area (Å²) in [6.07, 6.45) is 0.473. The van der Waals surface area contributed by atoms with Crippen molar-refractivity contribution in [2.45, 2.75) is 22.8 Å². The number of carboxylic acids is 1. The molecule has 2 N–H and O–H groups in total. The molecule has 0 bridgehead atoms. The van der Waals surface area contributed by atoms with Crippen LogP contribution in [0.25, 0.3) is 0 Å². The number of amides is 2. The SMILES string of the molecule is O=C(O)CC(NC(=O)C1N(C(=O)c2ccncc2)CCN1S(=O)(=O)c1cccs1)c1cccc([N+](=O)[O-])c1. The van der Waals surface area contributed by atoms with Crippen molar-refractivity contribution in [1.29, 1.82) is 0 Å². The number of hydrogen-bond acceptors (Lipinski definition) is 9. The normalized spacial score (nSPS) is 16.6. The highest BCUT2D eigenvalue weighted by Crippen LogP contribution is 2.29. The summed E-state index contributed by atoms with van der Waals surface area (Å²) in [6.45, 7) is -0.292. The van der Waals surface area contributed by atoms with Gasteiger partial charge in [-0.2, -0.15) is 4.31 Å². The molecular weight excluding hydrogens is 538 g/mol. The molecule has 2 unspecified atom stereocenters. The van der Waals surface area contributed by atoms with E-state index in [1.165, 1.54) is 54.9 Å². The Morgan fingerprint density at radius 3 is 2.53 bits per heavy atom. The van der Waals surface area contributed by atoms with Crippen molar-refractivity contribution in [2.75, 3.05) is 13.1 Å². The molecule has 2 atom stereocenters. The molecule has 3 aromatic rings. The molecule has 0 radical (unpaired) electrons. The third-order valence-electron chi connectivity index (χ3n) is 5.79.